The van der Waals surface area contributed by atoms with Gasteiger partial charge < -0.3 is 5.32 Å². The van der Waals surface area contributed by atoms with Crippen molar-refractivity contribution >= 4 is 5.69 Å². The number of hydrogen-bond donors (Lipinski definition) is 2. The molecule has 2 aromatic rings. The molecule has 6 heteroatoms. The van der Waals surface area contributed by atoms with Crippen LogP contribution in [0.1, 0.15) is 18.4 Å². The van der Waals surface area contributed by atoms with Gasteiger partial charge >= 0.3 is 0 Å². The summed E-state index contributed by atoms with van der Waals surface area (Å²) >= 11 is 0. The van der Waals surface area contributed by atoms with Crippen LogP contribution in [0.4, 0.5) is 5.69 Å². The SMILES string of the molecule is O=[N+]([O-])c1ccccc1-c1[nH]ncc1CNC1CC1. The van der Waals surface area contributed by atoms with Crippen molar-refractivity contribution in [3.05, 3.63) is 46.1 Å². The molecule has 0 amide bonds. The first kappa shape index (κ1) is 11.9. The van der Waals surface area contributed by atoms with E-state index in [-0.39, 0.29) is 10.6 Å². The molecular weight excluding hydrogens is 244 g/mol. The lowest BCUT2D eigenvalue weighted by Crippen LogP contribution is -2.15. The molecule has 2 N–H and O–H groups in total. The van der Waals surface area contributed by atoms with E-state index in [9.17, 15) is 10.1 Å². The first-order valence-electron chi connectivity index (χ1n) is 6.25. The van der Waals surface area contributed by atoms with E-state index >= 15 is 0 Å². The summed E-state index contributed by atoms with van der Waals surface area (Å²) in [5, 5.41) is 21.3. The molecule has 1 heterocycles. The summed E-state index contributed by atoms with van der Waals surface area (Å²) in [5.74, 6) is 0. The van der Waals surface area contributed by atoms with E-state index in [0.717, 1.165) is 11.3 Å². The van der Waals surface area contributed by atoms with Gasteiger partial charge in [0.15, 0.2) is 0 Å². The molecule has 1 fully saturated rings. The summed E-state index contributed by atoms with van der Waals surface area (Å²) in [6, 6.07) is 7.30. The summed E-state index contributed by atoms with van der Waals surface area (Å²) in [6.07, 6.45) is 4.14. The van der Waals surface area contributed by atoms with Gasteiger partial charge in [-0.25, -0.2) is 0 Å². The van der Waals surface area contributed by atoms with Crippen molar-refractivity contribution in [3.63, 3.8) is 0 Å². The molecule has 1 aromatic heterocycles. The molecule has 1 aromatic carbocycles. The Labute approximate surface area is 110 Å². The summed E-state index contributed by atoms with van der Waals surface area (Å²) in [5.41, 5.74) is 2.36. The van der Waals surface area contributed by atoms with E-state index in [0.29, 0.717) is 18.2 Å². The first-order chi connectivity index (χ1) is 9.25. The molecule has 1 aliphatic carbocycles. The maximum absolute atomic E-state index is 11.1. The van der Waals surface area contributed by atoms with Crippen LogP contribution in [0.3, 0.4) is 0 Å². The van der Waals surface area contributed by atoms with Gasteiger partial charge in [0.1, 0.15) is 0 Å². The minimum atomic E-state index is -0.367. The van der Waals surface area contributed by atoms with E-state index in [4.69, 9.17) is 0 Å². The van der Waals surface area contributed by atoms with Crippen LogP contribution in [0, 0.1) is 10.1 Å². The van der Waals surface area contributed by atoms with Gasteiger partial charge in [0, 0.05) is 24.2 Å². The summed E-state index contributed by atoms with van der Waals surface area (Å²) in [7, 11) is 0. The third-order valence-electron chi connectivity index (χ3n) is 3.25. The normalized spacial score (nSPS) is 14.5. The number of H-pyrrole nitrogens is 1. The predicted octanol–water partition coefficient (Wildman–Crippen LogP) is 2.24. The standard InChI is InChI=1S/C13H14N4O2/c18-17(19)12-4-2-1-3-11(12)13-9(8-15-16-13)7-14-10-5-6-10/h1-4,8,10,14H,5-7H2,(H,15,16). The van der Waals surface area contributed by atoms with Gasteiger partial charge in [-0.05, 0) is 18.9 Å². The second-order valence-corrected chi connectivity index (χ2v) is 4.70. The fourth-order valence-corrected chi connectivity index (χ4v) is 2.06. The van der Waals surface area contributed by atoms with Crippen molar-refractivity contribution in [1.29, 1.82) is 0 Å². The van der Waals surface area contributed by atoms with E-state index in [1.165, 1.54) is 18.9 Å². The Balaban J connectivity index is 1.92. The van der Waals surface area contributed by atoms with Crippen LogP contribution >= 0.6 is 0 Å². The number of para-hydroxylation sites is 1. The zero-order chi connectivity index (χ0) is 13.2. The Bertz CT molecular complexity index is 604. The number of benzene rings is 1. The Morgan fingerprint density at radius 2 is 2.21 bits per heavy atom. The molecule has 0 unspecified atom stereocenters. The Kier molecular flexibility index (Phi) is 3.00. The predicted molar refractivity (Wildman–Crippen MR) is 70.5 cm³/mol. The highest BCUT2D eigenvalue weighted by Gasteiger charge is 2.22. The zero-order valence-corrected chi connectivity index (χ0v) is 10.3. The van der Waals surface area contributed by atoms with Crippen LogP contribution in [-0.2, 0) is 6.54 Å². The Hall–Kier alpha value is -2.21. The summed E-state index contributed by atoms with van der Waals surface area (Å²) < 4.78 is 0. The number of rotatable bonds is 5. The van der Waals surface area contributed by atoms with Crippen molar-refractivity contribution in [2.75, 3.05) is 0 Å². The lowest BCUT2D eigenvalue weighted by atomic mass is 10.1. The third kappa shape index (κ3) is 2.48. The molecule has 0 bridgehead atoms. The minimum Gasteiger partial charge on any atom is -0.310 e. The van der Waals surface area contributed by atoms with Crippen molar-refractivity contribution in [3.8, 4) is 11.3 Å². The number of aromatic amines is 1. The van der Waals surface area contributed by atoms with Crippen molar-refractivity contribution in [2.45, 2.75) is 25.4 Å². The fourth-order valence-electron chi connectivity index (χ4n) is 2.06. The highest BCUT2D eigenvalue weighted by atomic mass is 16.6. The molecule has 0 atom stereocenters. The maximum Gasteiger partial charge on any atom is 0.278 e. The molecule has 6 nitrogen and oxygen atoms in total. The van der Waals surface area contributed by atoms with Crippen molar-refractivity contribution < 1.29 is 4.92 Å². The van der Waals surface area contributed by atoms with E-state index in [1.54, 1.807) is 24.4 Å². The number of nitro groups is 1. The number of nitro benzene ring substituents is 1. The van der Waals surface area contributed by atoms with Gasteiger partial charge in [-0.3, -0.25) is 15.2 Å². The van der Waals surface area contributed by atoms with E-state index in [2.05, 4.69) is 15.5 Å². The molecule has 0 saturated heterocycles. The third-order valence-corrected chi connectivity index (χ3v) is 3.25. The number of aromatic nitrogens is 2. The number of nitrogens with one attached hydrogen (secondary N) is 2. The molecule has 0 radical (unpaired) electrons. The number of nitrogens with zero attached hydrogens (tertiary/aromatic N) is 2. The van der Waals surface area contributed by atoms with Gasteiger partial charge in [-0.15, -0.1) is 0 Å². The maximum atomic E-state index is 11.1. The topological polar surface area (TPSA) is 83.8 Å². The Morgan fingerprint density at radius 3 is 2.95 bits per heavy atom. The quantitative estimate of drug-likeness (QED) is 0.636. The lowest BCUT2D eigenvalue weighted by molar-refractivity contribution is -0.384. The molecule has 3 rings (SSSR count). The first-order valence-corrected chi connectivity index (χ1v) is 6.25. The molecule has 0 spiro atoms. The van der Waals surface area contributed by atoms with Crippen molar-refractivity contribution in [1.82, 2.24) is 15.5 Å². The molecular formula is C13H14N4O2. The highest BCUT2D eigenvalue weighted by Crippen LogP contribution is 2.30. The smallest absolute Gasteiger partial charge is 0.278 e. The zero-order valence-electron chi connectivity index (χ0n) is 10.3. The second kappa shape index (κ2) is 4.81. The lowest BCUT2D eigenvalue weighted by Gasteiger charge is -2.05. The van der Waals surface area contributed by atoms with E-state index in [1.807, 2.05) is 0 Å². The molecule has 0 aliphatic heterocycles. The molecule has 1 aliphatic rings. The second-order valence-electron chi connectivity index (χ2n) is 4.70. The minimum absolute atomic E-state index is 0.0967. The average molecular weight is 258 g/mol. The monoisotopic (exact) mass is 258 g/mol. The van der Waals surface area contributed by atoms with E-state index < -0.39 is 0 Å². The van der Waals surface area contributed by atoms with Gasteiger partial charge in [-0.2, -0.15) is 5.10 Å². The Morgan fingerprint density at radius 1 is 1.42 bits per heavy atom. The number of hydrogen-bond acceptors (Lipinski definition) is 4. The summed E-state index contributed by atoms with van der Waals surface area (Å²) in [6.45, 7) is 0.683. The van der Waals surface area contributed by atoms with Crippen LogP contribution < -0.4 is 5.32 Å². The fraction of sp³-hybridized carbons (Fsp3) is 0.308. The van der Waals surface area contributed by atoms with Crippen LogP contribution in [0.5, 0.6) is 0 Å². The summed E-state index contributed by atoms with van der Waals surface area (Å²) in [4.78, 5) is 10.7. The average Bonchev–Trinajstić information content (AvgIpc) is 3.13. The van der Waals surface area contributed by atoms with Crippen LogP contribution in [0.2, 0.25) is 0 Å². The molecule has 1 saturated carbocycles. The van der Waals surface area contributed by atoms with Gasteiger partial charge in [-0.1, -0.05) is 12.1 Å². The van der Waals surface area contributed by atoms with Crippen molar-refractivity contribution in [2.24, 2.45) is 0 Å². The molecule has 19 heavy (non-hydrogen) atoms. The highest BCUT2D eigenvalue weighted by molar-refractivity contribution is 5.72. The van der Waals surface area contributed by atoms with Gasteiger partial charge in [0.25, 0.3) is 5.69 Å². The largest absolute Gasteiger partial charge is 0.310 e. The van der Waals surface area contributed by atoms with Gasteiger partial charge in [0.05, 0.1) is 22.4 Å². The van der Waals surface area contributed by atoms with Crippen LogP contribution in [0.25, 0.3) is 11.3 Å². The van der Waals surface area contributed by atoms with Gasteiger partial charge in [0.2, 0.25) is 0 Å². The molecule has 98 valence electrons. The van der Waals surface area contributed by atoms with Crippen LogP contribution in [0.15, 0.2) is 30.5 Å². The van der Waals surface area contributed by atoms with Crippen LogP contribution in [-0.4, -0.2) is 21.2 Å².